The first-order chi connectivity index (χ1) is 16.0. The predicted molar refractivity (Wildman–Crippen MR) is 132 cm³/mol. The van der Waals surface area contributed by atoms with Gasteiger partial charge in [0.1, 0.15) is 5.75 Å². The van der Waals surface area contributed by atoms with Crippen LogP contribution in [0.5, 0.6) is 5.75 Å². The SMILES string of the molecule is CC(C)CCN1CC(=O)NCCCCCOc2cccc(C(=O)NCCN3CCCC3)c2C1. The fourth-order valence-electron chi connectivity index (χ4n) is 4.46. The number of likely N-dealkylation sites (tertiary alicyclic amines) is 1. The molecule has 1 saturated heterocycles. The first-order valence-electron chi connectivity index (χ1n) is 12.8. The molecule has 184 valence electrons. The number of fused-ring (bicyclic) bond motifs is 1. The van der Waals surface area contributed by atoms with Crippen molar-refractivity contribution in [2.45, 2.75) is 58.9 Å². The molecule has 2 N–H and O–H groups in total. The number of carbonyl (C=O) groups excluding carboxylic acids is 2. The molecule has 1 fully saturated rings. The molecule has 0 bridgehead atoms. The zero-order chi connectivity index (χ0) is 23.5. The van der Waals surface area contributed by atoms with Gasteiger partial charge in [0.15, 0.2) is 0 Å². The van der Waals surface area contributed by atoms with E-state index in [2.05, 4.69) is 34.3 Å². The van der Waals surface area contributed by atoms with E-state index in [9.17, 15) is 9.59 Å². The summed E-state index contributed by atoms with van der Waals surface area (Å²) in [7, 11) is 0. The van der Waals surface area contributed by atoms with Crippen LogP contribution >= 0.6 is 0 Å². The summed E-state index contributed by atoms with van der Waals surface area (Å²) in [5.41, 5.74) is 1.53. The third-order valence-electron chi connectivity index (χ3n) is 6.46. The maximum atomic E-state index is 13.2. The van der Waals surface area contributed by atoms with Gasteiger partial charge < -0.3 is 20.3 Å². The topological polar surface area (TPSA) is 73.9 Å². The van der Waals surface area contributed by atoms with Gasteiger partial charge in [-0.25, -0.2) is 0 Å². The summed E-state index contributed by atoms with van der Waals surface area (Å²) >= 11 is 0. The van der Waals surface area contributed by atoms with Crippen LogP contribution in [0.3, 0.4) is 0 Å². The van der Waals surface area contributed by atoms with Crippen molar-refractivity contribution in [3.8, 4) is 5.75 Å². The van der Waals surface area contributed by atoms with E-state index < -0.39 is 0 Å². The van der Waals surface area contributed by atoms with E-state index in [1.165, 1.54) is 12.8 Å². The third-order valence-corrected chi connectivity index (χ3v) is 6.46. The van der Waals surface area contributed by atoms with E-state index in [4.69, 9.17) is 4.74 Å². The number of carbonyl (C=O) groups is 2. The van der Waals surface area contributed by atoms with Crippen molar-refractivity contribution >= 4 is 11.8 Å². The maximum Gasteiger partial charge on any atom is 0.251 e. The second-order valence-corrected chi connectivity index (χ2v) is 9.74. The van der Waals surface area contributed by atoms with Crippen LogP contribution in [0.15, 0.2) is 18.2 Å². The molecule has 0 saturated carbocycles. The minimum absolute atomic E-state index is 0.0491. The lowest BCUT2D eigenvalue weighted by Crippen LogP contribution is -2.39. The fourth-order valence-corrected chi connectivity index (χ4v) is 4.46. The van der Waals surface area contributed by atoms with E-state index in [0.717, 1.165) is 63.2 Å². The molecular formula is C26H42N4O3. The zero-order valence-corrected chi connectivity index (χ0v) is 20.5. The zero-order valence-electron chi connectivity index (χ0n) is 20.5. The second-order valence-electron chi connectivity index (χ2n) is 9.74. The minimum Gasteiger partial charge on any atom is -0.493 e. The number of amides is 2. The molecule has 7 heteroatoms. The summed E-state index contributed by atoms with van der Waals surface area (Å²) in [6.07, 6.45) is 6.37. The number of hydrogen-bond acceptors (Lipinski definition) is 5. The van der Waals surface area contributed by atoms with E-state index in [-0.39, 0.29) is 11.8 Å². The van der Waals surface area contributed by atoms with Gasteiger partial charge in [0.2, 0.25) is 5.91 Å². The Bertz CT molecular complexity index is 762. The number of rotatable bonds is 7. The van der Waals surface area contributed by atoms with Crippen LogP contribution in [-0.2, 0) is 11.3 Å². The van der Waals surface area contributed by atoms with Crippen LogP contribution in [0.4, 0.5) is 0 Å². The van der Waals surface area contributed by atoms with E-state index in [1.807, 2.05) is 18.2 Å². The molecule has 0 aromatic heterocycles. The Hall–Kier alpha value is -2.12. The predicted octanol–water partition coefficient (Wildman–Crippen LogP) is 3.04. The number of nitrogens with zero attached hydrogens (tertiary/aromatic N) is 2. The Labute approximate surface area is 199 Å². The highest BCUT2D eigenvalue weighted by Gasteiger charge is 2.21. The van der Waals surface area contributed by atoms with Crippen LogP contribution in [0.1, 0.15) is 68.3 Å². The van der Waals surface area contributed by atoms with Gasteiger partial charge in [0.25, 0.3) is 5.91 Å². The van der Waals surface area contributed by atoms with E-state index in [1.54, 1.807) is 0 Å². The lowest BCUT2D eigenvalue weighted by molar-refractivity contribution is -0.122. The summed E-state index contributed by atoms with van der Waals surface area (Å²) in [5.74, 6) is 1.29. The molecule has 2 amide bonds. The van der Waals surface area contributed by atoms with Crippen LogP contribution in [0, 0.1) is 5.92 Å². The Morgan fingerprint density at radius 1 is 1.06 bits per heavy atom. The molecule has 2 heterocycles. The average Bonchev–Trinajstić information content (AvgIpc) is 3.30. The Morgan fingerprint density at radius 2 is 1.88 bits per heavy atom. The van der Waals surface area contributed by atoms with Crippen molar-refractivity contribution in [2.24, 2.45) is 5.92 Å². The van der Waals surface area contributed by atoms with Crippen LogP contribution < -0.4 is 15.4 Å². The maximum absolute atomic E-state index is 13.2. The molecule has 0 radical (unpaired) electrons. The number of benzene rings is 1. The van der Waals surface area contributed by atoms with Crippen molar-refractivity contribution in [1.82, 2.24) is 20.4 Å². The summed E-state index contributed by atoms with van der Waals surface area (Å²) in [6.45, 7) is 11.1. The molecule has 7 nitrogen and oxygen atoms in total. The molecule has 2 aliphatic heterocycles. The molecule has 1 aromatic rings. The average molecular weight is 459 g/mol. The molecule has 0 aliphatic carbocycles. The van der Waals surface area contributed by atoms with Gasteiger partial charge >= 0.3 is 0 Å². The molecule has 0 spiro atoms. The molecule has 33 heavy (non-hydrogen) atoms. The van der Waals surface area contributed by atoms with E-state index >= 15 is 0 Å². The minimum atomic E-state index is -0.0628. The molecular weight excluding hydrogens is 416 g/mol. The van der Waals surface area contributed by atoms with Crippen molar-refractivity contribution in [2.75, 3.05) is 52.4 Å². The first-order valence-corrected chi connectivity index (χ1v) is 12.8. The van der Waals surface area contributed by atoms with Gasteiger partial charge in [0, 0.05) is 37.3 Å². The lowest BCUT2D eigenvalue weighted by atomic mass is 10.0. The van der Waals surface area contributed by atoms with Gasteiger partial charge in [0.05, 0.1) is 13.2 Å². The van der Waals surface area contributed by atoms with Crippen molar-refractivity contribution in [3.05, 3.63) is 29.3 Å². The van der Waals surface area contributed by atoms with Crippen LogP contribution in [0.25, 0.3) is 0 Å². The summed E-state index contributed by atoms with van der Waals surface area (Å²) in [4.78, 5) is 30.3. The molecule has 2 aliphatic rings. The normalized spacial score (nSPS) is 19.1. The third kappa shape index (κ3) is 8.63. The monoisotopic (exact) mass is 458 g/mol. The van der Waals surface area contributed by atoms with Crippen molar-refractivity contribution < 1.29 is 14.3 Å². The van der Waals surface area contributed by atoms with E-state index in [0.29, 0.717) is 44.3 Å². The fraction of sp³-hybridized carbons (Fsp3) is 0.692. The number of nitrogens with one attached hydrogen (secondary N) is 2. The van der Waals surface area contributed by atoms with Gasteiger partial charge in [-0.1, -0.05) is 19.9 Å². The highest BCUT2D eigenvalue weighted by atomic mass is 16.5. The van der Waals surface area contributed by atoms with Gasteiger partial charge in [-0.15, -0.1) is 0 Å². The number of ether oxygens (including phenoxy) is 1. The summed E-state index contributed by atoms with van der Waals surface area (Å²) in [5, 5.41) is 6.16. The van der Waals surface area contributed by atoms with Crippen molar-refractivity contribution in [1.29, 1.82) is 0 Å². The molecule has 0 atom stereocenters. The lowest BCUT2D eigenvalue weighted by Gasteiger charge is -2.25. The van der Waals surface area contributed by atoms with Gasteiger partial charge in [-0.3, -0.25) is 14.5 Å². The summed E-state index contributed by atoms with van der Waals surface area (Å²) in [6, 6.07) is 5.74. The van der Waals surface area contributed by atoms with Gasteiger partial charge in [-0.2, -0.15) is 0 Å². The molecule has 1 aromatic carbocycles. The highest BCUT2D eigenvalue weighted by Crippen LogP contribution is 2.25. The van der Waals surface area contributed by atoms with Crippen molar-refractivity contribution in [3.63, 3.8) is 0 Å². The molecule has 0 unspecified atom stereocenters. The van der Waals surface area contributed by atoms with Gasteiger partial charge in [-0.05, 0) is 76.2 Å². The second kappa shape index (κ2) is 13.6. The number of hydrogen-bond donors (Lipinski definition) is 2. The largest absolute Gasteiger partial charge is 0.493 e. The molecule has 3 rings (SSSR count). The summed E-state index contributed by atoms with van der Waals surface area (Å²) < 4.78 is 6.16. The first kappa shape index (κ1) is 25.5. The van der Waals surface area contributed by atoms with Crippen LogP contribution in [0.2, 0.25) is 0 Å². The highest BCUT2D eigenvalue weighted by molar-refractivity contribution is 5.96. The quantitative estimate of drug-likeness (QED) is 0.657. The van der Waals surface area contributed by atoms with Crippen LogP contribution in [-0.4, -0.2) is 74.0 Å². The smallest absolute Gasteiger partial charge is 0.251 e. The Kier molecular flexibility index (Phi) is 10.5. The standard InChI is InChI=1S/C26H42N4O3/c1-21(2)11-16-30-19-23-22(26(32)28-13-17-29-14-5-6-15-29)9-8-10-24(23)33-18-7-3-4-12-27-25(31)20-30/h8-10,21H,3-7,11-20H2,1-2H3,(H,27,31)(H,28,32). The Morgan fingerprint density at radius 3 is 2.67 bits per heavy atom. The Balaban J connectivity index is 1.77.